The number of rotatable bonds is 8. The molecule has 2 rings (SSSR count). The summed E-state index contributed by atoms with van der Waals surface area (Å²) in [7, 11) is 1.57. The molecule has 138 valence electrons. The lowest BCUT2D eigenvalue weighted by atomic mass is 10.2. The summed E-state index contributed by atoms with van der Waals surface area (Å²) in [4.78, 5) is 45.4. The van der Waals surface area contributed by atoms with Crippen LogP contribution in [0.25, 0.3) is 11.2 Å². The van der Waals surface area contributed by atoms with Gasteiger partial charge in [0.25, 0.3) is 5.56 Å². The van der Waals surface area contributed by atoms with Gasteiger partial charge in [0.15, 0.2) is 16.9 Å². The molecule has 2 aromatic heterocycles. The summed E-state index contributed by atoms with van der Waals surface area (Å²) >= 11 is 0. The van der Waals surface area contributed by atoms with E-state index in [1.807, 2.05) is 0 Å². The smallest absolute Gasteiger partial charge is 0.311 e. The number of nitrogens with one attached hydrogen (secondary N) is 1. The number of fused-ring (bicyclic) bond motifs is 1. The van der Waals surface area contributed by atoms with Gasteiger partial charge in [-0.25, -0.2) is 9.78 Å². The minimum Gasteiger partial charge on any atom is -0.311 e. The quantitative estimate of drug-likeness (QED) is 0.773. The third kappa shape index (κ3) is 3.73. The van der Waals surface area contributed by atoms with Crippen LogP contribution in [0.1, 0.15) is 52.4 Å². The number of hydrogen-bond donors (Lipinski definition) is 1. The molecule has 0 spiro atoms. The fourth-order valence-corrected chi connectivity index (χ4v) is 3.06. The first-order valence-electron chi connectivity index (χ1n) is 8.74. The van der Waals surface area contributed by atoms with Crippen LogP contribution < -0.4 is 11.2 Å². The van der Waals surface area contributed by atoms with E-state index in [9.17, 15) is 14.4 Å². The van der Waals surface area contributed by atoms with Crippen LogP contribution in [0.3, 0.4) is 0 Å². The number of carbonyl (C=O) groups excluding carboxylic acids is 1. The molecule has 25 heavy (non-hydrogen) atoms. The third-order valence-corrected chi connectivity index (χ3v) is 4.44. The SMILES string of the molecule is CCCN(CCC)Cc1nc2c(c(=O)[nH]c(=O)n2C)n1[C@@H](C)C(C)=O. The van der Waals surface area contributed by atoms with Gasteiger partial charge < -0.3 is 4.57 Å². The van der Waals surface area contributed by atoms with Crippen molar-refractivity contribution < 1.29 is 4.79 Å². The number of Topliss-reactive ketones (excluding diaryl/α,β-unsaturated/α-hetero) is 1. The second-order valence-corrected chi connectivity index (χ2v) is 6.45. The van der Waals surface area contributed by atoms with Crippen LogP contribution in [0.5, 0.6) is 0 Å². The van der Waals surface area contributed by atoms with Gasteiger partial charge in [0.05, 0.1) is 12.6 Å². The van der Waals surface area contributed by atoms with E-state index < -0.39 is 17.3 Å². The zero-order valence-corrected chi connectivity index (χ0v) is 15.6. The van der Waals surface area contributed by atoms with E-state index in [1.54, 1.807) is 18.5 Å². The predicted molar refractivity (Wildman–Crippen MR) is 96.8 cm³/mol. The Labute approximate surface area is 146 Å². The zero-order valence-electron chi connectivity index (χ0n) is 15.6. The minimum atomic E-state index is -0.524. The molecular weight excluding hydrogens is 322 g/mol. The van der Waals surface area contributed by atoms with Gasteiger partial charge >= 0.3 is 5.69 Å². The average molecular weight is 349 g/mol. The normalized spacial score (nSPS) is 12.9. The Kier molecular flexibility index (Phi) is 5.94. The largest absolute Gasteiger partial charge is 0.329 e. The van der Waals surface area contributed by atoms with Crippen molar-refractivity contribution in [3.05, 3.63) is 26.7 Å². The van der Waals surface area contributed by atoms with Crippen LogP contribution in [-0.2, 0) is 18.4 Å². The van der Waals surface area contributed by atoms with Crippen LogP contribution in [0.2, 0.25) is 0 Å². The molecule has 0 saturated carbocycles. The number of aryl methyl sites for hydroxylation is 1. The van der Waals surface area contributed by atoms with Crippen LogP contribution in [-0.4, -0.2) is 42.9 Å². The summed E-state index contributed by atoms with van der Waals surface area (Å²) in [5.74, 6) is 0.567. The van der Waals surface area contributed by atoms with Gasteiger partial charge in [-0.2, -0.15) is 0 Å². The van der Waals surface area contributed by atoms with Gasteiger partial charge in [0.2, 0.25) is 0 Å². The van der Waals surface area contributed by atoms with Crippen LogP contribution in [0, 0.1) is 0 Å². The van der Waals surface area contributed by atoms with Gasteiger partial charge in [-0.15, -0.1) is 0 Å². The first-order valence-corrected chi connectivity index (χ1v) is 8.74. The van der Waals surface area contributed by atoms with E-state index in [-0.39, 0.29) is 11.3 Å². The highest BCUT2D eigenvalue weighted by atomic mass is 16.2. The summed E-state index contributed by atoms with van der Waals surface area (Å²) in [5.41, 5.74) is -0.442. The van der Waals surface area contributed by atoms with Crippen molar-refractivity contribution in [1.82, 2.24) is 24.0 Å². The molecule has 0 aliphatic rings. The molecule has 0 radical (unpaired) electrons. The monoisotopic (exact) mass is 349 g/mol. The first-order chi connectivity index (χ1) is 11.8. The fraction of sp³-hybridized carbons (Fsp3) is 0.647. The topological polar surface area (TPSA) is 93.0 Å². The molecule has 0 aliphatic carbocycles. The van der Waals surface area contributed by atoms with E-state index in [0.717, 1.165) is 25.9 Å². The third-order valence-electron chi connectivity index (χ3n) is 4.44. The standard InChI is InChI=1S/C17H27N5O3/c1-6-8-21(9-7-2)10-13-18-15-14(22(13)11(3)12(4)23)16(24)19-17(25)20(15)5/h11H,6-10H2,1-5H3,(H,19,24,25)/t11-/m0/s1. The fourth-order valence-electron chi connectivity index (χ4n) is 3.06. The second kappa shape index (κ2) is 7.77. The number of nitrogens with zero attached hydrogens (tertiary/aromatic N) is 4. The molecule has 2 heterocycles. The summed E-state index contributed by atoms with van der Waals surface area (Å²) in [6, 6.07) is -0.524. The molecule has 2 aromatic rings. The van der Waals surface area contributed by atoms with Crippen LogP contribution in [0.4, 0.5) is 0 Å². The van der Waals surface area contributed by atoms with Gasteiger partial charge in [0, 0.05) is 7.05 Å². The Hall–Kier alpha value is -2.22. The molecule has 1 atom stereocenters. The summed E-state index contributed by atoms with van der Waals surface area (Å²) < 4.78 is 2.99. The lowest BCUT2D eigenvalue weighted by molar-refractivity contribution is -0.119. The maximum absolute atomic E-state index is 12.4. The second-order valence-electron chi connectivity index (χ2n) is 6.45. The highest BCUT2D eigenvalue weighted by Crippen LogP contribution is 2.20. The molecule has 8 heteroatoms. The van der Waals surface area contributed by atoms with Gasteiger partial charge in [-0.3, -0.25) is 24.0 Å². The summed E-state index contributed by atoms with van der Waals surface area (Å²) in [6.07, 6.45) is 2.00. The van der Waals surface area contributed by atoms with E-state index in [4.69, 9.17) is 0 Å². The molecule has 0 unspecified atom stereocenters. The van der Waals surface area contributed by atoms with Crippen molar-refractivity contribution >= 4 is 16.9 Å². The van der Waals surface area contributed by atoms with E-state index >= 15 is 0 Å². The first kappa shape index (κ1) is 19.1. The molecule has 1 N–H and O–H groups in total. The lowest BCUT2D eigenvalue weighted by Gasteiger charge is -2.22. The average Bonchev–Trinajstić information content (AvgIpc) is 2.92. The van der Waals surface area contributed by atoms with Crippen molar-refractivity contribution in [2.75, 3.05) is 13.1 Å². The van der Waals surface area contributed by atoms with E-state index in [0.29, 0.717) is 18.0 Å². The number of hydrogen-bond acceptors (Lipinski definition) is 5. The summed E-state index contributed by atoms with van der Waals surface area (Å²) in [6.45, 7) is 9.80. The lowest BCUT2D eigenvalue weighted by Crippen LogP contribution is -2.31. The van der Waals surface area contributed by atoms with E-state index in [1.165, 1.54) is 11.5 Å². The Bertz CT molecular complexity index is 871. The Morgan fingerprint density at radius 3 is 2.36 bits per heavy atom. The highest BCUT2D eigenvalue weighted by molar-refractivity contribution is 5.82. The molecule has 0 bridgehead atoms. The number of imidazole rings is 1. The van der Waals surface area contributed by atoms with Gasteiger partial charge in [-0.1, -0.05) is 13.8 Å². The number of aromatic nitrogens is 4. The Morgan fingerprint density at radius 2 is 1.84 bits per heavy atom. The summed E-state index contributed by atoms with van der Waals surface area (Å²) in [5, 5.41) is 0. The van der Waals surface area contributed by atoms with Crippen LogP contribution >= 0.6 is 0 Å². The minimum absolute atomic E-state index is 0.0636. The molecule has 0 aromatic carbocycles. The highest BCUT2D eigenvalue weighted by Gasteiger charge is 2.24. The maximum atomic E-state index is 12.4. The molecular formula is C17H27N5O3. The van der Waals surface area contributed by atoms with Crippen molar-refractivity contribution in [1.29, 1.82) is 0 Å². The van der Waals surface area contributed by atoms with Gasteiger partial charge in [0.1, 0.15) is 5.82 Å². The molecule has 0 aliphatic heterocycles. The van der Waals surface area contributed by atoms with Crippen molar-refractivity contribution in [2.24, 2.45) is 7.05 Å². The predicted octanol–water partition coefficient (Wildman–Crippen LogP) is 1.20. The molecule has 0 saturated heterocycles. The number of aromatic amines is 1. The van der Waals surface area contributed by atoms with Crippen LogP contribution in [0.15, 0.2) is 9.59 Å². The van der Waals surface area contributed by atoms with Gasteiger partial charge in [-0.05, 0) is 39.8 Å². The van der Waals surface area contributed by atoms with Crippen molar-refractivity contribution in [2.45, 2.75) is 53.1 Å². The van der Waals surface area contributed by atoms with Crippen molar-refractivity contribution in [3.8, 4) is 0 Å². The maximum Gasteiger partial charge on any atom is 0.329 e. The number of carbonyl (C=O) groups is 1. The molecule has 0 fully saturated rings. The number of ketones is 1. The zero-order chi connectivity index (χ0) is 18.7. The van der Waals surface area contributed by atoms with E-state index in [2.05, 4.69) is 28.7 Å². The Morgan fingerprint density at radius 1 is 1.24 bits per heavy atom. The molecule has 0 amide bonds. The number of H-pyrrole nitrogens is 1. The Balaban J connectivity index is 2.69. The molecule has 8 nitrogen and oxygen atoms in total. The van der Waals surface area contributed by atoms with Crippen molar-refractivity contribution in [3.63, 3.8) is 0 Å².